The van der Waals surface area contributed by atoms with Crippen LogP contribution >= 0.6 is 0 Å². The molecule has 0 aliphatic heterocycles. The first-order valence-corrected chi connectivity index (χ1v) is 8.92. The summed E-state index contributed by atoms with van der Waals surface area (Å²) in [5.74, 6) is 1.18. The molecule has 0 radical (unpaired) electrons. The van der Waals surface area contributed by atoms with Crippen molar-refractivity contribution in [3.05, 3.63) is 71.3 Å². The Labute approximate surface area is 166 Å². The highest BCUT2D eigenvalue weighted by Crippen LogP contribution is 2.41. The van der Waals surface area contributed by atoms with Gasteiger partial charge in [-0.1, -0.05) is 18.2 Å². The second-order valence-electron chi connectivity index (χ2n) is 6.32. The van der Waals surface area contributed by atoms with Crippen LogP contribution in [-0.2, 0) is 6.54 Å². The summed E-state index contributed by atoms with van der Waals surface area (Å²) in [7, 11) is 4.53. The first kappa shape index (κ1) is 18.5. The van der Waals surface area contributed by atoms with Gasteiger partial charge in [0.25, 0.3) is 5.56 Å². The quantitative estimate of drug-likeness (QED) is 0.502. The average molecular weight is 392 g/mol. The Balaban J connectivity index is 1.85. The van der Waals surface area contributed by atoms with Gasteiger partial charge in [-0.2, -0.15) is 0 Å². The Morgan fingerprint density at radius 2 is 1.79 bits per heavy atom. The highest BCUT2D eigenvalue weighted by atomic mass is 16.5. The Morgan fingerprint density at radius 3 is 2.48 bits per heavy atom. The molecule has 2 aromatic carbocycles. The monoisotopic (exact) mass is 392 g/mol. The molecule has 0 aliphatic carbocycles. The van der Waals surface area contributed by atoms with Crippen molar-refractivity contribution in [1.82, 2.24) is 19.1 Å². The summed E-state index contributed by atoms with van der Waals surface area (Å²) in [5.41, 5.74) is 2.13. The summed E-state index contributed by atoms with van der Waals surface area (Å²) < 4.78 is 19.7. The fraction of sp³-hybridized carbons (Fsp3) is 0.190. The molecule has 2 heterocycles. The van der Waals surface area contributed by atoms with E-state index < -0.39 is 0 Å². The van der Waals surface area contributed by atoms with Crippen LogP contribution in [0, 0.1) is 0 Å². The number of fused-ring (bicyclic) bond motifs is 1. The van der Waals surface area contributed by atoms with Gasteiger partial charge in [0.15, 0.2) is 11.5 Å². The minimum Gasteiger partial charge on any atom is -0.493 e. The van der Waals surface area contributed by atoms with Crippen molar-refractivity contribution in [2.24, 2.45) is 0 Å². The van der Waals surface area contributed by atoms with Crippen LogP contribution in [0.4, 0.5) is 0 Å². The molecule has 0 aliphatic rings. The number of methoxy groups -OCH3 is 3. The Morgan fingerprint density at radius 1 is 1.00 bits per heavy atom. The van der Waals surface area contributed by atoms with E-state index in [1.807, 2.05) is 35.0 Å². The van der Waals surface area contributed by atoms with Gasteiger partial charge in [-0.3, -0.25) is 9.36 Å². The standard InChI is InChI=1S/C21H20N4O4/c1-27-17-10-15-18(20(29-3)19(17)28-2)23-13-25(21(15)26)11-14-6-4-5-7-16(14)24-9-8-22-12-24/h4-10,12-13H,11H2,1-3H3. The average Bonchev–Trinajstić information content (AvgIpc) is 3.29. The zero-order valence-electron chi connectivity index (χ0n) is 16.3. The van der Waals surface area contributed by atoms with Crippen molar-refractivity contribution >= 4 is 10.9 Å². The van der Waals surface area contributed by atoms with E-state index in [1.54, 1.807) is 23.2 Å². The number of imidazole rings is 1. The van der Waals surface area contributed by atoms with Gasteiger partial charge in [0.05, 0.1) is 51.6 Å². The molecule has 0 fully saturated rings. The molecule has 29 heavy (non-hydrogen) atoms. The Hall–Kier alpha value is -3.81. The third kappa shape index (κ3) is 3.18. The van der Waals surface area contributed by atoms with Crippen LogP contribution < -0.4 is 19.8 Å². The lowest BCUT2D eigenvalue weighted by molar-refractivity contribution is 0.326. The van der Waals surface area contributed by atoms with E-state index in [9.17, 15) is 4.79 Å². The van der Waals surface area contributed by atoms with Crippen molar-refractivity contribution in [3.8, 4) is 22.9 Å². The van der Waals surface area contributed by atoms with E-state index in [0.29, 0.717) is 34.7 Å². The maximum Gasteiger partial charge on any atom is 0.261 e. The molecule has 0 amide bonds. The summed E-state index contributed by atoms with van der Waals surface area (Å²) in [6.07, 6.45) is 6.82. The lowest BCUT2D eigenvalue weighted by Crippen LogP contribution is -2.22. The van der Waals surface area contributed by atoms with Crippen molar-refractivity contribution in [3.63, 3.8) is 0 Å². The second kappa shape index (κ2) is 7.67. The molecule has 0 saturated carbocycles. The van der Waals surface area contributed by atoms with Gasteiger partial charge in [0.1, 0.15) is 5.52 Å². The number of hydrogen-bond acceptors (Lipinski definition) is 6. The molecule has 0 spiro atoms. The molecule has 8 heteroatoms. The molecule has 0 N–H and O–H groups in total. The molecule has 148 valence electrons. The number of hydrogen-bond donors (Lipinski definition) is 0. The van der Waals surface area contributed by atoms with Gasteiger partial charge >= 0.3 is 0 Å². The van der Waals surface area contributed by atoms with Crippen molar-refractivity contribution in [2.75, 3.05) is 21.3 Å². The van der Waals surface area contributed by atoms with Crippen LogP contribution in [-0.4, -0.2) is 40.4 Å². The zero-order chi connectivity index (χ0) is 20.4. The van der Waals surface area contributed by atoms with E-state index >= 15 is 0 Å². The minimum atomic E-state index is -0.199. The highest BCUT2D eigenvalue weighted by Gasteiger charge is 2.19. The first-order chi connectivity index (χ1) is 14.2. The van der Waals surface area contributed by atoms with Gasteiger partial charge in [-0.05, 0) is 17.7 Å². The number of ether oxygens (including phenoxy) is 3. The normalized spacial score (nSPS) is 10.9. The molecular formula is C21H20N4O4. The fourth-order valence-corrected chi connectivity index (χ4v) is 3.36. The van der Waals surface area contributed by atoms with Crippen LogP contribution in [0.2, 0.25) is 0 Å². The third-order valence-electron chi connectivity index (χ3n) is 4.74. The molecule has 0 saturated heterocycles. The van der Waals surface area contributed by atoms with Crippen molar-refractivity contribution in [1.29, 1.82) is 0 Å². The van der Waals surface area contributed by atoms with E-state index in [0.717, 1.165) is 11.3 Å². The van der Waals surface area contributed by atoms with Gasteiger partial charge in [0, 0.05) is 12.4 Å². The molecular weight excluding hydrogens is 372 g/mol. The smallest absolute Gasteiger partial charge is 0.261 e. The molecule has 0 bridgehead atoms. The summed E-state index contributed by atoms with van der Waals surface area (Å²) in [6, 6.07) is 9.47. The second-order valence-corrected chi connectivity index (χ2v) is 6.32. The van der Waals surface area contributed by atoms with E-state index in [1.165, 1.54) is 27.7 Å². The third-order valence-corrected chi connectivity index (χ3v) is 4.74. The SMILES string of the molecule is COc1cc2c(=O)n(Cc3ccccc3-n3ccnc3)cnc2c(OC)c1OC. The lowest BCUT2D eigenvalue weighted by Gasteiger charge is -2.15. The predicted octanol–water partition coefficient (Wildman–Crippen LogP) is 2.66. The molecule has 4 aromatic rings. The Kier molecular flexibility index (Phi) is 4.90. The van der Waals surface area contributed by atoms with Crippen LogP contribution in [0.3, 0.4) is 0 Å². The molecule has 0 unspecified atom stereocenters. The summed E-state index contributed by atoms with van der Waals surface area (Å²) in [5, 5.41) is 0.391. The molecule has 8 nitrogen and oxygen atoms in total. The van der Waals surface area contributed by atoms with Crippen molar-refractivity contribution < 1.29 is 14.2 Å². The Bertz CT molecular complexity index is 1220. The highest BCUT2D eigenvalue weighted by molar-refractivity contribution is 5.89. The molecule has 4 rings (SSSR count). The van der Waals surface area contributed by atoms with Crippen LogP contribution in [0.5, 0.6) is 17.2 Å². The number of rotatable bonds is 6. The number of para-hydroxylation sites is 1. The van der Waals surface area contributed by atoms with Crippen LogP contribution in [0.15, 0.2) is 60.2 Å². The van der Waals surface area contributed by atoms with Gasteiger partial charge < -0.3 is 18.8 Å². The first-order valence-electron chi connectivity index (χ1n) is 8.92. The fourth-order valence-electron chi connectivity index (χ4n) is 3.36. The predicted molar refractivity (Wildman–Crippen MR) is 108 cm³/mol. The maximum atomic E-state index is 13.2. The zero-order valence-corrected chi connectivity index (χ0v) is 16.3. The summed E-state index contributed by atoms with van der Waals surface area (Å²) >= 11 is 0. The minimum absolute atomic E-state index is 0.199. The number of nitrogens with zero attached hydrogens (tertiary/aromatic N) is 4. The largest absolute Gasteiger partial charge is 0.493 e. The van der Waals surface area contributed by atoms with E-state index in [2.05, 4.69) is 9.97 Å². The summed E-state index contributed by atoms with van der Waals surface area (Å²) in [6.45, 7) is 0.354. The van der Waals surface area contributed by atoms with E-state index in [-0.39, 0.29) is 5.56 Å². The van der Waals surface area contributed by atoms with Crippen LogP contribution in [0.25, 0.3) is 16.6 Å². The van der Waals surface area contributed by atoms with Crippen LogP contribution in [0.1, 0.15) is 5.56 Å². The topological polar surface area (TPSA) is 80.4 Å². The molecule has 0 atom stereocenters. The van der Waals surface area contributed by atoms with Crippen molar-refractivity contribution in [2.45, 2.75) is 6.54 Å². The van der Waals surface area contributed by atoms with Gasteiger partial charge in [0.2, 0.25) is 5.75 Å². The number of benzene rings is 2. The number of aromatic nitrogens is 4. The lowest BCUT2D eigenvalue weighted by atomic mass is 10.1. The summed E-state index contributed by atoms with van der Waals surface area (Å²) in [4.78, 5) is 21.8. The molecule has 2 aromatic heterocycles. The van der Waals surface area contributed by atoms with E-state index in [4.69, 9.17) is 14.2 Å². The van der Waals surface area contributed by atoms with Gasteiger partial charge in [-0.25, -0.2) is 9.97 Å². The van der Waals surface area contributed by atoms with Gasteiger partial charge in [-0.15, -0.1) is 0 Å². The maximum absolute atomic E-state index is 13.2.